The fourth-order valence-corrected chi connectivity index (χ4v) is 3.08. The monoisotopic (exact) mass is 210 g/mol. The molecule has 0 saturated heterocycles. The summed E-state index contributed by atoms with van der Waals surface area (Å²) in [4.78, 5) is 1.30. The smallest absolute Gasteiger partial charge is 0.0904 e. The third-order valence-electron chi connectivity index (χ3n) is 3.20. The van der Waals surface area contributed by atoms with E-state index in [0.717, 1.165) is 18.4 Å². The zero-order chi connectivity index (χ0) is 10.0. The molecule has 0 bridgehead atoms. The lowest BCUT2D eigenvalue weighted by Gasteiger charge is -2.25. The zero-order valence-electron chi connectivity index (χ0n) is 8.75. The Bertz CT molecular complexity index is 295. The summed E-state index contributed by atoms with van der Waals surface area (Å²) >= 11 is 1.74. The number of rotatable bonds is 1. The molecule has 1 heterocycles. The van der Waals surface area contributed by atoms with E-state index in [0.29, 0.717) is 0 Å². The van der Waals surface area contributed by atoms with Gasteiger partial charge in [-0.3, -0.25) is 0 Å². The molecule has 78 valence electrons. The van der Waals surface area contributed by atoms with Crippen molar-refractivity contribution in [3.8, 4) is 0 Å². The van der Waals surface area contributed by atoms with Gasteiger partial charge in [0, 0.05) is 4.88 Å². The minimum Gasteiger partial charge on any atom is -0.385 e. The van der Waals surface area contributed by atoms with Gasteiger partial charge in [0.15, 0.2) is 0 Å². The zero-order valence-corrected chi connectivity index (χ0v) is 9.57. The SMILES string of the molecule is Cc1cc(C2(O)CCCCCC2)cs1. The van der Waals surface area contributed by atoms with Crippen LogP contribution in [0, 0.1) is 6.92 Å². The molecule has 14 heavy (non-hydrogen) atoms. The van der Waals surface area contributed by atoms with Crippen LogP contribution in [0.4, 0.5) is 0 Å². The Labute approximate surface area is 89.8 Å². The Kier molecular flexibility index (Phi) is 2.93. The molecule has 2 heteroatoms. The van der Waals surface area contributed by atoms with Crippen LogP contribution >= 0.6 is 11.3 Å². The number of hydrogen-bond acceptors (Lipinski definition) is 2. The van der Waals surface area contributed by atoms with Gasteiger partial charge >= 0.3 is 0 Å². The highest BCUT2D eigenvalue weighted by Crippen LogP contribution is 2.37. The molecule has 1 saturated carbocycles. The normalized spacial score (nSPS) is 21.9. The second-order valence-electron chi connectivity index (χ2n) is 4.39. The van der Waals surface area contributed by atoms with Crippen molar-refractivity contribution in [3.05, 3.63) is 21.9 Å². The molecule has 0 unspecified atom stereocenters. The first-order chi connectivity index (χ1) is 6.71. The van der Waals surface area contributed by atoms with Gasteiger partial charge in [-0.05, 0) is 36.8 Å². The van der Waals surface area contributed by atoms with Crippen molar-refractivity contribution in [3.63, 3.8) is 0 Å². The van der Waals surface area contributed by atoms with Crippen molar-refractivity contribution in [2.45, 2.75) is 51.0 Å². The van der Waals surface area contributed by atoms with Crippen molar-refractivity contribution in [1.29, 1.82) is 0 Å². The lowest BCUT2D eigenvalue weighted by molar-refractivity contribution is 0.0211. The summed E-state index contributed by atoms with van der Waals surface area (Å²) in [5.41, 5.74) is 0.642. The third kappa shape index (κ3) is 2.01. The Hall–Kier alpha value is -0.340. The quantitative estimate of drug-likeness (QED) is 0.702. The van der Waals surface area contributed by atoms with Crippen LogP contribution in [-0.4, -0.2) is 5.11 Å². The average molecular weight is 210 g/mol. The minimum atomic E-state index is -0.513. The van der Waals surface area contributed by atoms with Crippen molar-refractivity contribution >= 4 is 11.3 Å². The number of thiophene rings is 1. The molecule has 2 rings (SSSR count). The molecule has 1 aliphatic rings. The Morgan fingerprint density at radius 1 is 1.21 bits per heavy atom. The van der Waals surface area contributed by atoms with Crippen LogP contribution in [0.25, 0.3) is 0 Å². The van der Waals surface area contributed by atoms with Crippen LogP contribution in [0.15, 0.2) is 11.4 Å². The van der Waals surface area contributed by atoms with Gasteiger partial charge < -0.3 is 5.11 Å². The molecule has 0 aromatic carbocycles. The van der Waals surface area contributed by atoms with E-state index in [1.807, 2.05) is 0 Å². The van der Waals surface area contributed by atoms with Crippen LogP contribution in [0.1, 0.15) is 49.0 Å². The van der Waals surface area contributed by atoms with Crippen LogP contribution in [0.3, 0.4) is 0 Å². The van der Waals surface area contributed by atoms with E-state index < -0.39 is 5.60 Å². The highest BCUT2D eigenvalue weighted by Gasteiger charge is 2.30. The molecular formula is C12H18OS. The lowest BCUT2D eigenvalue weighted by atomic mass is 9.88. The van der Waals surface area contributed by atoms with Crippen LogP contribution in [-0.2, 0) is 5.60 Å². The highest BCUT2D eigenvalue weighted by molar-refractivity contribution is 7.10. The van der Waals surface area contributed by atoms with E-state index in [9.17, 15) is 5.11 Å². The van der Waals surface area contributed by atoms with Crippen molar-refractivity contribution in [2.75, 3.05) is 0 Å². The molecule has 1 nitrogen and oxygen atoms in total. The van der Waals surface area contributed by atoms with Gasteiger partial charge in [-0.2, -0.15) is 0 Å². The molecule has 1 N–H and O–H groups in total. The van der Waals surface area contributed by atoms with E-state index in [1.165, 1.54) is 30.6 Å². The maximum absolute atomic E-state index is 10.5. The second kappa shape index (κ2) is 4.03. The highest BCUT2D eigenvalue weighted by atomic mass is 32.1. The van der Waals surface area contributed by atoms with Gasteiger partial charge in [-0.1, -0.05) is 25.7 Å². The molecule has 1 aromatic rings. The first-order valence-corrected chi connectivity index (χ1v) is 6.37. The van der Waals surface area contributed by atoms with E-state index in [4.69, 9.17) is 0 Å². The molecule has 1 aliphatic carbocycles. The van der Waals surface area contributed by atoms with Crippen molar-refractivity contribution in [1.82, 2.24) is 0 Å². The van der Waals surface area contributed by atoms with E-state index in [1.54, 1.807) is 11.3 Å². The van der Waals surface area contributed by atoms with Crippen molar-refractivity contribution in [2.24, 2.45) is 0 Å². The molecular weight excluding hydrogens is 192 g/mol. The summed E-state index contributed by atoms with van der Waals surface area (Å²) in [5, 5.41) is 12.7. The lowest BCUT2D eigenvalue weighted by Crippen LogP contribution is -2.23. The predicted molar refractivity (Wildman–Crippen MR) is 60.7 cm³/mol. The van der Waals surface area contributed by atoms with E-state index in [-0.39, 0.29) is 0 Å². The van der Waals surface area contributed by atoms with Gasteiger partial charge in [0.1, 0.15) is 0 Å². The largest absolute Gasteiger partial charge is 0.385 e. The van der Waals surface area contributed by atoms with Crippen LogP contribution in [0.2, 0.25) is 0 Å². The van der Waals surface area contributed by atoms with Crippen molar-refractivity contribution < 1.29 is 5.11 Å². The molecule has 0 atom stereocenters. The molecule has 0 radical (unpaired) electrons. The second-order valence-corrected chi connectivity index (χ2v) is 5.51. The molecule has 0 spiro atoms. The summed E-state index contributed by atoms with van der Waals surface area (Å²) in [7, 11) is 0. The van der Waals surface area contributed by atoms with Crippen LogP contribution < -0.4 is 0 Å². The Morgan fingerprint density at radius 2 is 1.86 bits per heavy atom. The summed E-state index contributed by atoms with van der Waals surface area (Å²) < 4.78 is 0. The summed E-state index contributed by atoms with van der Waals surface area (Å²) in [6, 6.07) is 2.15. The Balaban J connectivity index is 2.20. The van der Waals surface area contributed by atoms with E-state index in [2.05, 4.69) is 18.4 Å². The summed E-state index contributed by atoms with van der Waals surface area (Å²) in [6.45, 7) is 2.11. The summed E-state index contributed by atoms with van der Waals surface area (Å²) in [5.74, 6) is 0. The maximum Gasteiger partial charge on any atom is 0.0904 e. The predicted octanol–water partition coefficient (Wildman–Crippen LogP) is 3.60. The number of aliphatic hydroxyl groups is 1. The molecule has 1 aromatic heterocycles. The first-order valence-electron chi connectivity index (χ1n) is 5.49. The third-order valence-corrected chi connectivity index (χ3v) is 4.06. The van der Waals surface area contributed by atoms with E-state index >= 15 is 0 Å². The minimum absolute atomic E-state index is 0.513. The van der Waals surface area contributed by atoms with Gasteiger partial charge in [0.25, 0.3) is 0 Å². The topological polar surface area (TPSA) is 20.2 Å². The molecule has 0 amide bonds. The number of hydrogen-bond donors (Lipinski definition) is 1. The molecule has 0 aliphatic heterocycles. The number of aryl methyl sites for hydroxylation is 1. The fourth-order valence-electron chi connectivity index (χ4n) is 2.29. The van der Waals surface area contributed by atoms with Gasteiger partial charge in [-0.15, -0.1) is 11.3 Å². The van der Waals surface area contributed by atoms with Gasteiger partial charge in [-0.25, -0.2) is 0 Å². The van der Waals surface area contributed by atoms with Crippen LogP contribution in [0.5, 0.6) is 0 Å². The first kappa shape index (κ1) is 10.2. The fraction of sp³-hybridized carbons (Fsp3) is 0.667. The van der Waals surface area contributed by atoms with Gasteiger partial charge in [0.2, 0.25) is 0 Å². The standard InChI is InChI=1S/C12H18OS/c1-10-8-11(9-14-10)12(13)6-4-2-3-5-7-12/h8-9,13H,2-7H2,1H3. The maximum atomic E-state index is 10.5. The summed E-state index contributed by atoms with van der Waals surface area (Å²) in [6.07, 6.45) is 6.81. The Morgan fingerprint density at radius 3 is 2.36 bits per heavy atom. The van der Waals surface area contributed by atoms with Gasteiger partial charge in [0.05, 0.1) is 5.60 Å². The average Bonchev–Trinajstić information content (AvgIpc) is 2.47. The molecule has 1 fully saturated rings.